The predicted octanol–water partition coefficient (Wildman–Crippen LogP) is 4.47. The van der Waals surface area contributed by atoms with Crippen LogP contribution in [0.15, 0.2) is 52.4 Å². The summed E-state index contributed by atoms with van der Waals surface area (Å²) in [5, 5.41) is 3.11. The number of ether oxygens (including phenoxy) is 2. The summed E-state index contributed by atoms with van der Waals surface area (Å²) in [5.41, 5.74) is 1.77. The number of benzene rings is 2. The summed E-state index contributed by atoms with van der Waals surface area (Å²) in [6.45, 7) is 4.73. The van der Waals surface area contributed by atoms with Crippen molar-refractivity contribution in [3.63, 3.8) is 0 Å². The molecule has 1 atom stereocenters. The van der Waals surface area contributed by atoms with Gasteiger partial charge in [0.1, 0.15) is 11.6 Å². The number of thioether (sulfide) groups is 1. The lowest BCUT2D eigenvalue weighted by Gasteiger charge is -2.25. The third kappa shape index (κ3) is 5.19. The van der Waals surface area contributed by atoms with Crippen LogP contribution in [0.5, 0.6) is 11.5 Å². The van der Waals surface area contributed by atoms with Crippen LogP contribution in [0.2, 0.25) is 0 Å². The van der Waals surface area contributed by atoms with Gasteiger partial charge in [0.2, 0.25) is 5.91 Å². The van der Waals surface area contributed by atoms with E-state index < -0.39 is 5.92 Å². The molecule has 3 aromatic rings. The monoisotopic (exact) mass is 469 g/mol. The highest BCUT2D eigenvalue weighted by molar-refractivity contribution is 7.98. The largest absolute Gasteiger partial charge is 0.490 e. The number of carbonyl (C=O) groups excluding carboxylic acids is 1. The normalized spacial score (nSPS) is 15.0. The van der Waals surface area contributed by atoms with Crippen LogP contribution in [0.4, 0.5) is 10.2 Å². The fourth-order valence-corrected chi connectivity index (χ4v) is 4.54. The van der Waals surface area contributed by atoms with Crippen LogP contribution in [-0.4, -0.2) is 29.1 Å². The van der Waals surface area contributed by atoms with Crippen molar-refractivity contribution < 1.29 is 18.7 Å². The van der Waals surface area contributed by atoms with Crippen LogP contribution in [0.25, 0.3) is 0 Å². The molecule has 0 bridgehead atoms. The van der Waals surface area contributed by atoms with Crippen LogP contribution >= 0.6 is 11.8 Å². The molecule has 0 aliphatic carbocycles. The number of carbonyl (C=O) groups is 1. The van der Waals surface area contributed by atoms with Crippen molar-refractivity contribution in [3.05, 3.63) is 75.3 Å². The molecular formula is C24H24FN3O4S. The van der Waals surface area contributed by atoms with Gasteiger partial charge in [0, 0.05) is 18.1 Å². The Labute approximate surface area is 194 Å². The first kappa shape index (κ1) is 22.8. The number of aromatic nitrogens is 2. The van der Waals surface area contributed by atoms with E-state index in [0.717, 1.165) is 11.1 Å². The van der Waals surface area contributed by atoms with E-state index >= 15 is 0 Å². The quantitative estimate of drug-likeness (QED) is 0.373. The Bertz CT molecular complexity index is 1210. The molecule has 2 aromatic carbocycles. The second-order valence-corrected chi connectivity index (χ2v) is 8.39. The van der Waals surface area contributed by atoms with Gasteiger partial charge in [-0.3, -0.25) is 9.59 Å². The summed E-state index contributed by atoms with van der Waals surface area (Å²) in [5.74, 6) is 0.954. The molecular weight excluding hydrogens is 445 g/mol. The minimum atomic E-state index is -0.462. The highest BCUT2D eigenvalue weighted by Crippen LogP contribution is 2.38. The maximum atomic E-state index is 13.1. The Morgan fingerprint density at radius 2 is 1.79 bits per heavy atom. The zero-order valence-corrected chi connectivity index (χ0v) is 19.1. The molecule has 0 saturated carbocycles. The Balaban J connectivity index is 1.64. The summed E-state index contributed by atoms with van der Waals surface area (Å²) in [6.07, 6.45) is 0.124. The lowest BCUT2D eigenvalue weighted by molar-refractivity contribution is -0.116. The van der Waals surface area contributed by atoms with Gasteiger partial charge in [0.25, 0.3) is 5.56 Å². The molecule has 9 heteroatoms. The SMILES string of the molecule is CCOc1ccc([C@@H]2CC(=O)Nc3nc(SCc4ccc(F)cc4)[nH]c(=O)c32)cc1OCC. The molecule has 7 nitrogen and oxygen atoms in total. The molecule has 0 spiro atoms. The molecule has 0 unspecified atom stereocenters. The van der Waals surface area contributed by atoms with Gasteiger partial charge in [-0.15, -0.1) is 0 Å². The fourth-order valence-electron chi connectivity index (χ4n) is 3.72. The third-order valence-electron chi connectivity index (χ3n) is 5.19. The number of fused-ring (bicyclic) bond motifs is 1. The number of hydrogen-bond acceptors (Lipinski definition) is 6. The Morgan fingerprint density at radius 3 is 2.52 bits per heavy atom. The van der Waals surface area contributed by atoms with Crippen LogP contribution in [0, 0.1) is 5.82 Å². The molecule has 1 aliphatic rings. The minimum absolute atomic E-state index is 0.124. The van der Waals surface area contributed by atoms with Crippen LogP contribution in [0.1, 0.15) is 42.9 Å². The average molecular weight is 470 g/mol. The van der Waals surface area contributed by atoms with Crippen LogP contribution in [-0.2, 0) is 10.5 Å². The first-order chi connectivity index (χ1) is 16.0. The van der Waals surface area contributed by atoms with Gasteiger partial charge in [-0.25, -0.2) is 9.37 Å². The second kappa shape index (κ2) is 10.1. The summed E-state index contributed by atoms with van der Waals surface area (Å²) in [7, 11) is 0. The molecule has 33 heavy (non-hydrogen) atoms. The van der Waals surface area contributed by atoms with Crippen molar-refractivity contribution in [2.24, 2.45) is 0 Å². The first-order valence-electron chi connectivity index (χ1n) is 10.7. The average Bonchev–Trinajstić information content (AvgIpc) is 2.79. The molecule has 2 N–H and O–H groups in total. The number of hydrogen-bond donors (Lipinski definition) is 2. The number of halogens is 1. The molecule has 1 amide bonds. The third-order valence-corrected chi connectivity index (χ3v) is 6.13. The smallest absolute Gasteiger partial charge is 0.257 e. The lowest BCUT2D eigenvalue weighted by Crippen LogP contribution is -2.31. The number of nitrogens with one attached hydrogen (secondary N) is 2. The lowest BCUT2D eigenvalue weighted by atomic mass is 9.86. The Hall–Kier alpha value is -3.33. The minimum Gasteiger partial charge on any atom is -0.490 e. The Kier molecular flexibility index (Phi) is 6.98. The standard InChI is InChI=1S/C24H24FN3O4S/c1-3-31-18-10-7-15(11-19(18)32-4-2)17-12-20(29)26-22-21(17)23(30)28-24(27-22)33-13-14-5-8-16(25)9-6-14/h5-11,17H,3-4,12-13H2,1-2H3,(H2,26,27,28,29,30)/t17-/m0/s1. The van der Waals surface area contributed by atoms with E-state index in [1.165, 1.54) is 23.9 Å². The summed E-state index contributed by atoms with van der Waals surface area (Å²) < 4.78 is 24.4. The number of aromatic amines is 1. The fraction of sp³-hybridized carbons (Fsp3) is 0.292. The predicted molar refractivity (Wildman–Crippen MR) is 125 cm³/mol. The second-order valence-electron chi connectivity index (χ2n) is 7.43. The summed E-state index contributed by atoms with van der Waals surface area (Å²) >= 11 is 1.30. The Morgan fingerprint density at radius 1 is 1.06 bits per heavy atom. The van der Waals surface area contributed by atoms with E-state index in [2.05, 4.69) is 15.3 Å². The van der Waals surface area contributed by atoms with Crippen molar-refractivity contribution >= 4 is 23.5 Å². The number of H-pyrrole nitrogens is 1. The first-order valence-corrected chi connectivity index (χ1v) is 11.7. The van der Waals surface area contributed by atoms with Gasteiger partial charge in [0.15, 0.2) is 16.7 Å². The van der Waals surface area contributed by atoms with Crippen molar-refractivity contribution in [2.45, 2.75) is 37.1 Å². The summed E-state index contributed by atoms with van der Waals surface area (Å²) in [6, 6.07) is 11.6. The van der Waals surface area contributed by atoms with Gasteiger partial charge >= 0.3 is 0 Å². The summed E-state index contributed by atoms with van der Waals surface area (Å²) in [4.78, 5) is 32.8. The van der Waals surface area contributed by atoms with Crippen molar-refractivity contribution in [3.8, 4) is 11.5 Å². The highest BCUT2D eigenvalue weighted by Gasteiger charge is 2.31. The molecule has 0 saturated heterocycles. The van der Waals surface area contributed by atoms with Crippen molar-refractivity contribution in [1.29, 1.82) is 0 Å². The van der Waals surface area contributed by atoms with E-state index in [4.69, 9.17) is 9.47 Å². The van der Waals surface area contributed by atoms with E-state index in [0.29, 0.717) is 41.2 Å². The zero-order chi connectivity index (χ0) is 23.4. The molecule has 172 valence electrons. The molecule has 0 radical (unpaired) electrons. The maximum Gasteiger partial charge on any atom is 0.257 e. The molecule has 1 aliphatic heterocycles. The van der Waals surface area contributed by atoms with Crippen molar-refractivity contribution in [2.75, 3.05) is 18.5 Å². The van der Waals surface area contributed by atoms with Gasteiger partial charge < -0.3 is 19.8 Å². The van der Waals surface area contributed by atoms with E-state index in [1.54, 1.807) is 18.2 Å². The van der Waals surface area contributed by atoms with Gasteiger partial charge in [0.05, 0.1) is 18.8 Å². The number of rotatable bonds is 8. The van der Waals surface area contributed by atoms with Crippen molar-refractivity contribution in [1.82, 2.24) is 9.97 Å². The van der Waals surface area contributed by atoms with Gasteiger partial charge in [-0.05, 0) is 49.2 Å². The number of amides is 1. The molecule has 2 heterocycles. The zero-order valence-electron chi connectivity index (χ0n) is 18.3. The van der Waals surface area contributed by atoms with E-state index in [1.807, 2.05) is 26.0 Å². The molecule has 4 rings (SSSR count). The maximum absolute atomic E-state index is 13.1. The van der Waals surface area contributed by atoms with Gasteiger partial charge in [-0.2, -0.15) is 0 Å². The van der Waals surface area contributed by atoms with Gasteiger partial charge in [-0.1, -0.05) is 30.0 Å². The highest BCUT2D eigenvalue weighted by atomic mass is 32.2. The van der Waals surface area contributed by atoms with E-state index in [9.17, 15) is 14.0 Å². The van der Waals surface area contributed by atoms with Crippen LogP contribution in [0.3, 0.4) is 0 Å². The van der Waals surface area contributed by atoms with E-state index in [-0.39, 0.29) is 29.5 Å². The topological polar surface area (TPSA) is 93.3 Å². The number of anilines is 1. The molecule has 0 fully saturated rings. The van der Waals surface area contributed by atoms with Crippen LogP contribution < -0.4 is 20.3 Å². The number of nitrogens with zero attached hydrogens (tertiary/aromatic N) is 1. The molecule has 1 aromatic heterocycles.